The molecule has 1 spiro atoms. The minimum atomic E-state index is -0.554. The minimum Gasteiger partial charge on any atom is -0.459 e. The predicted molar refractivity (Wildman–Crippen MR) is 90.8 cm³/mol. The lowest BCUT2D eigenvalue weighted by molar-refractivity contribution is -0.0884. The number of nitrogens with zero attached hydrogens (tertiary/aromatic N) is 3. The SMILES string of the molecule is O=C(c1ccco1)N1CCOC[C@]2(CC[C@H](Cn3ncccc3=O)O2)C1. The third-order valence-corrected chi connectivity index (χ3v) is 4.87. The Hall–Kier alpha value is -2.45. The molecule has 2 fully saturated rings. The molecule has 0 radical (unpaired) electrons. The lowest BCUT2D eigenvalue weighted by atomic mass is 10.00. The molecule has 138 valence electrons. The second-order valence-electron chi connectivity index (χ2n) is 6.76. The number of ether oxygens (including phenoxy) is 2. The first kappa shape index (κ1) is 17.0. The van der Waals surface area contributed by atoms with Crippen LogP contribution in [-0.2, 0) is 16.0 Å². The first-order chi connectivity index (χ1) is 12.7. The molecule has 4 rings (SSSR count). The van der Waals surface area contributed by atoms with Crippen LogP contribution >= 0.6 is 0 Å². The maximum atomic E-state index is 12.6. The summed E-state index contributed by atoms with van der Waals surface area (Å²) in [6.07, 6.45) is 4.50. The zero-order chi connectivity index (χ0) is 18.0. The average molecular weight is 359 g/mol. The smallest absolute Gasteiger partial charge is 0.289 e. The lowest BCUT2D eigenvalue weighted by Gasteiger charge is -2.31. The van der Waals surface area contributed by atoms with Gasteiger partial charge in [0.25, 0.3) is 11.5 Å². The van der Waals surface area contributed by atoms with E-state index in [1.54, 1.807) is 29.3 Å². The summed E-state index contributed by atoms with van der Waals surface area (Å²) in [7, 11) is 0. The summed E-state index contributed by atoms with van der Waals surface area (Å²) < 4.78 is 18.6. The van der Waals surface area contributed by atoms with E-state index in [0.29, 0.717) is 38.6 Å². The fourth-order valence-electron chi connectivity index (χ4n) is 3.60. The van der Waals surface area contributed by atoms with Crippen molar-refractivity contribution in [1.29, 1.82) is 0 Å². The highest BCUT2D eigenvalue weighted by atomic mass is 16.6. The number of aromatic nitrogens is 2. The summed E-state index contributed by atoms with van der Waals surface area (Å²) in [4.78, 5) is 26.2. The maximum absolute atomic E-state index is 12.6. The van der Waals surface area contributed by atoms with Gasteiger partial charge in [-0.25, -0.2) is 4.68 Å². The van der Waals surface area contributed by atoms with E-state index in [0.717, 1.165) is 12.8 Å². The molecule has 0 aromatic carbocycles. The van der Waals surface area contributed by atoms with Crippen LogP contribution in [0.15, 0.2) is 45.9 Å². The number of hydrogen-bond acceptors (Lipinski definition) is 6. The van der Waals surface area contributed by atoms with Crippen LogP contribution in [0.5, 0.6) is 0 Å². The van der Waals surface area contributed by atoms with Gasteiger partial charge in [0, 0.05) is 18.8 Å². The van der Waals surface area contributed by atoms with E-state index in [9.17, 15) is 9.59 Å². The van der Waals surface area contributed by atoms with Crippen LogP contribution in [0, 0.1) is 0 Å². The van der Waals surface area contributed by atoms with Gasteiger partial charge in [0.2, 0.25) is 0 Å². The summed E-state index contributed by atoms with van der Waals surface area (Å²) in [5, 5.41) is 4.09. The van der Waals surface area contributed by atoms with Gasteiger partial charge in [-0.3, -0.25) is 9.59 Å². The summed E-state index contributed by atoms with van der Waals surface area (Å²) in [5.41, 5.74) is -0.703. The van der Waals surface area contributed by atoms with Gasteiger partial charge in [-0.15, -0.1) is 0 Å². The lowest BCUT2D eigenvalue weighted by Crippen LogP contribution is -2.47. The van der Waals surface area contributed by atoms with Crippen molar-refractivity contribution in [3.63, 3.8) is 0 Å². The summed E-state index contributed by atoms with van der Waals surface area (Å²) >= 11 is 0. The van der Waals surface area contributed by atoms with E-state index in [2.05, 4.69) is 5.10 Å². The van der Waals surface area contributed by atoms with Crippen molar-refractivity contribution in [2.45, 2.75) is 31.1 Å². The van der Waals surface area contributed by atoms with Gasteiger partial charge >= 0.3 is 0 Å². The van der Waals surface area contributed by atoms with Gasteiger partial charge in [0.15, 0.2) is 5.76 Å². The zero-order valence-electron chi connectivity index (χ0n) is 14.4. The van der Waals surface area contributed by atoms with E-state index in [4.69, 9.17) is 13.9 Å². The van der Waals surface area contributed by atoms with Crippen molar-refractivity contribution in [1.82, 2.24) is 14.7 Å². The van der Waals surface area contributed by atoms with E-state index < -0.39 is 5.60 Å². The molecule has 0 bridgehead atoms. The Morgan fingerprint density at radius 2 is 2.27 bits per heavy atom. The molecule has 2 atom stereocenters. The highest BCUT2D eigenvalue weighted by molar-refractivity contribution is 5.91. The number of carbonyl (C=O) groups excluding carboxylic acids is 1. The molecular weight excluding hydrogens is 338 g/mol. The molecule has 2 aromatic rings. The topological polar surface area (TPSA) is 86.8 Å². The Kier molecular flexibility index (Phi) is 4.60. The fourth-order valence-corrected chi connectivity index (χ4v) is 3.60. The molecule has 2 aliphatic rings. The van der Waals surface area contributed by atoms with Crippen molar-refractivity contribution < 1.29 is 18.7 Å². The van der Waals surface area contributed by atoms with Gasteiger partial charge in [0.05, 0.1) is 38.7 Å². The van der Waals surface area contributed by atoms with Crippen molar-refractivity contribution >= 4 is 5.91 Å². The normalized spacial score (nSPS) is 26.2. The molecule has 0 aliphatic carbocycles. The molecule has 8 nitrogen and oxygen atoms in total. The molecule has 2 saturated heterocycles. The van der Waals surface area contributed by atoms with E-state index in [1.165, 1.54) is 17.0 Å². The molecule has 1 amide bonds. The molecule has 2 aliphatic heterocycles. The monoisotopic (exact) mass is 359 g/mol. The molecule has 4 heterocycles. The van der Waals surface area contributed by atoms with Gasteiger partial charge in [0.1, 0.15) is 5.60 Å². The quantitative estimate of drug-likeness (QED) is 0.810. The Morgan fingerprint density at radius 1 is 1.35 bits per heavy atom. The molecule has 0 N–H and O–H groups in total. The Morgan fingerprint density at radius 3 is 3.08 bits per heavy atom. The zero-order valence-corrected chi connectivity index (χ0v) is 14.4. The Bertz CT molecular complexity index is 818. The first-order valence-electron chi connectivity index (χ1n) is 8.76. The highest BCUT2D eigenvalue weighted by Gasteiger charge is 2.44. The Labute approximate surface area is 150 Å². The second kappa shape index (κ2) is 7.05. The van der Waals surface area contributed by atoms with E-state index in [-0.39, 0.29) is 17.6 Å². The van der Waals surface area contributed by atoms with Crippen LogP contribution in [0.1, 0.15) is 23.4 Å². The van der Waals surface area contributed by atoms with Crippen molar-refractivity contribution in [3.8, 4) is 0 Å². The van der Waals surface area contributed by atoms with E-state index >= 15 is 0 Å². The first-order valence-corrected chi connectivity index (χ1v) is 8.76. The number of furan rings is 1. The number of carbonyl (C=O) groups is 1. The minimum absolute atomic E-state index is 0.134. The van der Waals surface area contributed by atoms with Crippen LogP contribution < -0.4 is 5.56 Å². The van der Waals surface area contributed by atoms with Crippen LogP contribution in [0.3, 0.4) is 0 Å². The number of amides is 1. The molecule has 8 heteroatoms. The van der Waals surface area contributed by atoms with Crippen LogP contribution in [0.25, 0.3) is 0 Å². The molecule has 0 saturated carbocycles. The van der Waals surface area contributed by atoms with Crippen LogP contribution in [-0.4, -0.2) is 58.6 Å². The molecule has 0 unspecified atom stereocenters. The Balaban J connectivity index is 1.46. The standard InChI is InChI=1S/C18H21N3O5/c22-16-4-1-7-19-21(16)11-14-5-6-18(26-14)12-20(8-10-24-13-18)17(23)15-3-2-9-25-15/h1-4,7,9,14H,5-6,8,10-13H2/t14-,18+/m1/s1. The predicted octanol–water partition coefficient (Wildman–Crippen LogP) is 0.927. The third kappa shape index (κ3) is 3.42. The maximum Gasteiger partial charge on any atom is 0.289 e. The van der Waals surface area contributed by atoms with Crippen LogP contribution in [0.4, 0.5) is 0 Å². The van der Waals surface area contributed by atoms with Gasteiger partial charge in [-0.05, 0) is 31.0 Å². The van der Waals surface area contributed by atoms with Crippen molar-refractivity contribution in [2.75, 3.05) is 26.3 Å². The van der Waals surface area contributed by atoms with Gasteiger partial charge in [-0.1, -0.05) is 0 Å². The summed E-state index contributed by atoms with van der Waals surface area (Å²) in [5.74, 6) is 0.157. The molecule has 26 heavy (non-hydrogen) atoms. The second-order valence-corrected chi connectivity index (χ2v) is 6.76. The number of hydrogen-bond donors (Lipinski definition) is 0. The molecular formula is C18H21N3O5. The highest BCUT2D eigenvalue weighted by Crippen LogP contribution is 2.33. The average Bonchev–Trinajstić information content (AvgIpc) is 3.25. The van der Waals surface area contributed by atoms with Gasteiger partial charge < -0.3 is 18.8 Å². The summed E-state index contributed by atoms with van der Waals surface area (Å²) in [6.45, 7) is 2.23. The fraction of sp³-hybridized carbons (Fsp3) is 0.500. The molecule has 2 aromatic heterocycles. The largest absolute Gasteiger partial charge is 0.459 e. The summed E-state index contributed by atoms with van der Waals surface area (Å²) in [6, 6.07) is 6.46. The number of rotatable bonds is 3. The van der Waals surface area contributed by atoms with E-state index in [1.807, 2.05) is 0 Å². The van der Waals surface area contributed by atoms with Gasteiger partial charge in [-0.2, -0.15) is 5.10 Å². The van der Waals surface area contributed by atoms with Crippen molar-refractivity contribution in [3.05, 3.63) is 52.8 Å². The van der Waals surface area contributed by atoms with Crippen molar-refractivity contribution in [2.24, 2.45) is 0 Å². The third-order valence-electron chi connectivity index (χ3n) is 4.87. The van der Waals surface area contributed by atoms with Crippen LogP contribution in [0.2, 0.25) is 0 Å².